The molecule has 1 aliphatic rings. The van der Waals surface area contributed by atoms with Crippen molar-refractivity contribution in [1.29, 1.82) is 0 Å². The molecular weight excluding hydrogens is 244 g/mol. The first-order valence-electron chi connectivity index (χ1n) is 6.44. The lowest BCUT2D eigenvalue weighted by atomic mass is 10.0. The minimum Gasteiger partial charge on any atom is -0.373 e. The van der Waals surface area contributed by atoms with Crippen molar-refractivity contribution in [3.63, 3.8) is 0 Å². The Balaban J connectivity index is 0.000000184. The summed E-state index contributed by atoms with van der Waals surface area (Å²) in [6.45, 7) is 5.78. The SMILES string of the molecule is CCC1CNC(C)C1.CNc1cccc(SN)n1. The zero-order valence-corrected chi connectivity index (χ0v) is 12.3. The third-order valence-corrected chi connectivity index (χ3v) is 3.59. The van der Waals surface area contributed by atoms with E-state index >= 15 is 0 Å². The van der Waals surface area contributed by atoms with E-state index in [0.717, 1.165) is 34.8 Å². The zero-order valence-electron chi connectivity index (χ0n) is 11.4. The molecule has 0 bridgehead atoms. The first kappa shape index (κ1) is 15.3. The number of pyridine rings is 1. The summed E-state index contributed by atoms with van der Waals surface area (Å²) < 4.78 is 0. The Morgan fingerprint density at radius 1 is 1.56 bits per heavy atom. The molecule has 102 valence electrons. The highest BCUT2D eigenvalue weighted by Gasteiger charge is 2.17. The van der Waals surface area contributed by atoms with Crippen molar-refractivity contribution in [2.75, 3.05) is 18.9 Å². The topological polar surface area (TPSA) is 63.0 Å². The largest absolute Gasteiger partial charge is 0.373 e. The normalized spacial score (nSPS) is 22.2. The van der Waals surface area contributed by atoms with E-state index < -0.39 is 0 Å². The van der Waals surface area contributed by atoms with Gasteiger partial charge < -0.3 is 10.6 Å². The van der Waals surface area contributed by atoms with Gasteiger partial charge in [0.2, 0.25) is 0 Å². The highest BCUT2D eigenvalue weighted by atomic mass is 32.2. The molecule has 4 nitrogen and oxygen atoms in total. The number of nitrogens with two attached hydrogens (primary N) is 1. The van der Waals surface area contributed by atoms with Crippen LogP contribution in [0.5, 0.6) is 0 Å². The third-order valence-electron chi connectivity index (χ3n) is 3.12. The van der Waals surface area contributed by atoms with Gasteiger partial charge in [0, 0.05) is 13.1 Å². The smallest absolute Gasteiger partial charge is 0.127 e. The molecule has 1 aromatic heterocycles. The van der Waals surface area contributed by atoms with Gasteiger partial charge in [-0.25, -0.2) is 4.98 Å². The Labute approximate surface area is 114 Å². The number of rotatable bonds is 3. The maximum absolute atomic E-state index is 5.30. The van der Waals surface area contributed by atoms with Crippen LogP contribution in [0.25, 0.3) is 0 Å². The van der Waals surface area contributed by atoms with Crippen LogP contribution in [0, 0.1) is 5.92 Å². The Morgan fingerprint density at radius 3 is 2.78 bits per heavy atom. The minimum atomic E-state index is 0.778. The highest BCUT2D eigenvalue weighted by molar-refractivity contribution is 7.97. The first-order valence-corrected chi connectivity index (χ1v) is 7.32. The van der Waals surface area contributed by atoms with Crippen LogP contribution in [0.1, 0.15) is 26.7 Å². The van der Waals surface area contributed by atoms with Gasteiger partial charge in [-0.15, -0.1) is 0 Å². The molecule has 1 aromatic rings. The third kappa shape index (κ3) is 5.25. The summed E-state index contributed by atoms with van der Waals surface area (Å²) >= 11 is 1.15. The second-order valence-corrected chi connectivity index (χ2v) is 5.20. The lowest BCUT2D eigenvalue weighted by Crippen LogP contribution is -2.16. The molecule has 1 aliphatic heterocycles. The predicted molar refractivity (Wildman–Crippen MR) is 79.7 cm³/mol. The Hall–Kier alpha value is -0.780. The lowest BCUT2D eigenvalue weighted by molar-refractivity contribution is 0.549. The van der Waals surface area contributed by atoms with Gasteiger partial charge in [0.25, 0.3) is 0 Å². The number of anilines is 1. The summed E-state index contributed by atoms with van der Waals surface area (Å²) in [5.41, 5.74) is 0. The Morgan fingerprint density at radius 2 is 2.33 bits per heavy atom. The lowest BCUT2D eigenvalue weighted by Gasteiger charge is -2.00. The summed E-state index contributed by atoms with van der Waals surface area (Å²) in [5.74, 6) is 1.81. The molecule has 2 unspecified atom stereocenters. The van der Waals surface area contributed by atoms with Crippen LogP contribution in [-0.2, 0) is 0 Å². The molecule has 2 rings (SSSR count). The Bertz CT molecular complexity index is 326. The fourth-order valence-electron chi connectivity index (χ4n) is 1.97. The van der Waals surface area contributed by atoms with Crippen molar-refractivity contribution in [2.24, 2.45) is 11.1 Å². The summed E-state index contributed by atoms with van der Waals surface area (Å²) in [4.78, 5) is 4.14. The van der Waals surface area contributed by atoms with E-state index in [9.17, 15) is 0 Å². The molecule has 0 radical (unpaired) electrons. The van der Waals surface area contributed by atoms with Gasteiger partial charge in [-0.2, -0.15) is 0 Å². The molecule has 5 heteroatoms. The molecule has 0 spiro atoms. The van der Waals surface area contributed by atoms with Crippen LogP contribution < -0.4 is 15.8 Å². The predicted octanol–water partition coefficient (Wildman–Crippen LogP) is 2.48. The van der Waals surface area contributed by atoms with E-state index in [1.165, 1.54) is 19.4 Å². The molecule has 0 saturated carbocycles. The van der Waals surface area contributed by atoms with Crippen LogP contribution in [0.15, 0.2) is 23.2 Å². The minimum absolute atomic E-state index is 0.778. The quantitative estimate of drug-likeness (QED) is 0.735. The fraction of sp³-hybridized carbons (Fsp3) is 0.615. The molecule has 0 aromatic carbocycles. The average molecular weight is 268 g/mol. The van der Waals surface area contributed by atoms with Gasteiger partial charge in [-0.3, -0.25) is 5.14 Å². The van der Waals surface area contributed by atoms with Crippen molar-refractivity contribution < 1.29 is 0 Å². The standard InChI is InChI=1S/C7H15N.C6H9N3S/c1-3-7-4-6(2)8-5-7;1-8-5-3-2-4-6(9-5)10-7/h6-8H,3-5H2,1-2H3;2-4H,7H2,1H3,(H,8,9). The van der Waals surface area contributed by atoms with Crippen LogP contribution in [0.3, 0.4) is 0 Å². The van der Waals surface area contributed by atoms with E-state index in [-0.39, 0.29) is 0 Å². The van der Waals surface area contributed by atoms with E-state index in [1.54, 1.807) is 0 Å². The molecule has 4 N–H and O–H groups in total. The van der Waals surface area contributed by atoms with Crippen molar-refractivity contribution >= 4 is 17.8 Å². The fourth-order valence-corrected chi connectivity index (χ4v) is 2.27. The molecule has 18 heavy (non-hydrogen) atoms. The maximum Gasteiger partial charge on any atom is 0.127 e. The van der Waals surface area contributed by atoms with Gasteiger partial charge in [0.1, 0.15) is 10.8 Å². The number of nitrogens with zero attached hydrogens (tertiary/aromatic N) is 1. The molecule has 2 atom stereocenters. The molecule has 1 fully saturated rings. The molecule has 0 aliphatic carbocycles. The highest BCUT2D eigenvalue weighted by Crippen LogP contribution is 2.15. The van der Waals surface area contributed by atoms with Gasteiger partial charge in [0.15, 0.2) is 0 Å². The number of hydrogen-bond acceptors (Lipinski definition) is 5. The summed E-state index contributed by atoms with van der Waals surface area (Å²) in [6.07, 6.45) is 2.73. The van der Waals surface area contributed by atoms with Crippen molar-refractivity contribution in [1.82, 2.24) is 10.3 Å². The zero-order chi connectivity index (χ0) is 13.4. The number of hydrogen-bond donors (Lipinski definition) is 3. The average Bonchev–Trinajstić information content (AvgIpc) is 2.85. The van der Waals surface area contributed by atoms with Crippen LogP contribution in [0.4, 0.5) is 5.82 Å². The van der Waals surface area contributed by atoms with E-state index in [1.807, 2.05) is 25.2 Å². The molecule has 2 heterocycles. The monoisotopic (exact) mass is 268 g/mol. The second-order valence-electron chi connectivity index (χ2n) is 4.55. The van der Waals surface area contributed by atoms with Crippen LogP contribution >= 0.6 is 11.9 Å². The van der Waals surface area contributed by atoms with Gasteiger partial charge in [0.05, 0.1) is 0 Å². The first-order chi connectivity index (χ1) is 8.69. The van der Waals surface area contributed by atoms with Crippen molar-refractivity contribution in [3.8, 4) is 0 Å². The van der Waals surface area contributed by atoms with Gasteiger partial charge in [-0.05, 0) is 49.9 Å². The van der Waals surface area contributed by atoms with E-state index in [4.69, 9.17) is 5.14 Å². The summed E-state index contributed by atoms with van der Waals surface area (Å²) in [7, 11) is 1.83. The van der Waals surface area contributed by atoms with Crippen molar-refractivity contribution in [2.45, 2.75) is 37.8 Å². The summed E-state index contributed by atoms with van der Waals surface area (Å²) in [6, 6.07) is 6.44. The van der Waals surface area contributed by atoms with Crippen LogP contribution in [-0.4, -0.2) is 24.6 Å². The van der Waals surface area contributed by atoms with Crippen molar-refractivity contribution in [3.05, 3.63) is 18.2 Å². The van der Waals surface area contributed by atoms with E-state index in [2.05, 4.69) is 29.5 Å². The Kier molecular flexibility index (Phi) is 7.08. The van der Waals surface area contributed by atoms with Crippen LogP contribution in [0.2, 0.25) is 0 Å². The molecular formula is C13H24N4S. The van der Waals surface area contributed by atoms with Gasteiger partial charge >= 0.3 is 0 Å². The second kappa shape index (κ2) is 8.34. The maximum atomic E-state index is 5.30. The van der Waals surface area contributed by atoms with Gasteiger partial charge in [-0.1, -0.05) is 19.4 Å². The van der Waals surface area contributed by atoms with E-state index in [0.29, 0.717) is 0 Å². The number of aromatic nitrogens is 1. The molecule has 0 amide bonds. The molecule has 1 saturated heterocycles. The summed E-state index contributed by atoms with van der Waals surface area (Å²) in [5, 5.41) is 12.5. The number of nitrogens with one attached hydrogen (secondary N) is 2.